The summed E-state index contributed by atoms with van der Waals surface area (Å²) < 4.78 is 5.42. The van der Waals surface area contributed by atoms with Gasteiger partial charge in [-0.3, -0.25) is 9.59 Å². The van der Waals surface area contributed by atoms with Crippen molar-refractivity contribution in [1.82, 2.24) is 14.8 Å². The standard InChI is InChI=1S/C22H27N3O3S/c26-21(15-4-1-2-5-15)25-9-7-16(14-25)18-17-6-3-8-23-20(17)29-19(18)22(27)24-10-12-28-13-11-24/h3,6,8,15-16H,1-2,4-5,7,9-14H2/t16-/m1/s1. The van der Waals surface area contributed by atoms with Crippen LogP contribution in [-0.4, -0.2) is 66.0 Å². The summed E-state index contributed by atoms with van der Waals surface area (Å²) in [5.41, 5.74) is 1.11. The number of thiophene rings is 1. The van der Waals surface area contributed by atoms with E-state index < -0.39 is 0 Å². The summed E-state index contributed by atoms with van der Waals surface area (Å²) >= 11 is 1.50. The molecule has 0 aromatic carbocycles. The van der Waals surface area contributed by atoms with Crippen molar-refractivity contribution in [3.8, 4) is 0 Å². The molecular formula is C22H27N3O3S. The SMILES string of the molecule is O=C(c1sc2ncccc2c1[C@@H]1CCN(C(=O)C2CCCC2)C1)N1CCOCC1. The first-order chi connectivity index (χ1) is 14.2. The zero-order valence-electron chi connectivity index (χ0n) is 16.6. The molecule has 0 spiro atoms. The summed E-state index contributed by atoms with van der Waals surface area (Å²) in [6, 6.07) is 4.02. The van der Waals surface area contributed by atoms with E-state index in [9.17, 15) is 9.59 Å². The second-order valence-electron chi connectivity index (χ2n) is 8.36. The first-order valence-electron chi connectivity index (χ1n) is 10.8. The van der Waals surface area contributed by atoms with Crippen LogP contribution >= 0.6 is 11.3 Å². The van der Waals surface area contributed by atoms with Crippen LogP contribution in [0.4, 0.5) is 0 Å². The van der Waals surface area contributed by atoms with Crippen molar-refractivity contribution < 1.29 is 14.3 Å². The summed E-state index contributed by atoms with van der Waals surface area (Å²) in [7, 11) is 0. The summed E-state index contributed by atoms with van der Waals surface area (Å²) in [6.07, 6.45) is 7.12. The highest BCUT2D eigenvalue weighted by Gasteiger charge is 2.36. The molecule has 6 nitrogen and oxygen atoms in total. The van der Waals surface area contributed by atoms with Crippen molar-refractivity contribution in [3.63, 3.8) is 0 Å². The molecule has 2 aromatic rings. The summed E-state index contributed by atoms with van der Waals surface area (Å²) in [5.74, 6) is 0.831. The number of morpholine rings is 1. The van der Waals surface area contributed by atoms with Crippen molar-refractivity contribution in [1.29, 1.82) is 0 Å². The predicted molar refractivity (Wildman–Crippen MR) is 112 cm³/mol. The molecule has 2 saturated heterocycles. The van der Waals surface area contributed by atoms with E-state index in [1.165, 1.54) is 24.2 Å². The second-order valence-corrected chi connectivity index (χ2v) is 9.36. The van der Waals surface area contributed by atoms with Gasteiger partial charge in [-0.1, -0.05) is 18.9 Å². The number of rotatable bonds is 3. The molecule has 0 radical (unpaired) electrons. The second kappa shape index (κ2) is 8.03. The van der Waals surface area contributed by atoms with Crippen LogP contribution in [-0.2, 0) is 9.53 Å². The van der Waals surface area contributed by atoms with Crippen LogP contribution in [0.1, 0.15) is 53.3 Å². The van der Waals surface area contributed by atoms with Gasteiger partial charge in [-0.05, 0) is 30.9 Å². The molecule has 2 aliphatic heterocycles. The highest BCUT2D eigenvalue weighted by molar-refractivity contribution is 7.20. The molecule has 29 heavy (non-hydrogen) atoms. The molecule has 3 aliphatic rings. The fraction of sp³-hybridized carbons (Fsp3) is 0.591. The number of carbonyl (C=O) groups excluding carboxylic acids is 2. The minimum absolute atomic E-state index is 0.0897. The molecule has 1 aliphatic carbocycles. The Morgan fingerprint density at radius 1 is 1.07 bits per heavy atom. The van der Waals surface area contributed by atoms with Gasteiger partial charge in [0.25, 0.3) is 5.91 Å². The number of amides is 2. The van der Waals surface area contributed by atoms with E-state index in [1.807, 2.05) is 15.9 Å². The number of ether oxygens (including phenoxy) is 1. The lowest BCUT2D eigenvalue weighted by atomic mass is 9.95. The zero-order chi connectivity index (χ0) is 19.8. The normalized spacial score (nSPS) is 23.2. The minimum Gasteiger partial charge on any atom is -0.378 e. The van der Waals surface area contributed by atoms with Gasteiger partial charge >= 0.3 is 0 Å². The van der Waals surface area contributed by atoms with Gasteiger partial charge in [0.05, 0.1) is 18.1 Å². The highest BCUT2D eigenvalue weighted by atomic mass is 32.1. The number of carbonyl (C=O) groups is 2. The molecule has 2 amide bonds. The largest absolute Gasteiger partial charge is 0.378 e. The van der Waals surface area contributed by atoms with Gasteiger partial charge in [-0.2, -0.15) is 0 Å². The van der Waals surface area contributed by atoms with Gasteiger partial charge in [0.2, 0.25) is 5.91 Å². The molecule has 1 saturated carbocycles. The van der Waals surface area contributed by atoms with E-state index in [-0.39, 0.29) is 17.7 Å². The van der Waals surface area contributed by atoms with Crippen molar-refractivity contribution in [2.24, 2.45) is 5.92 Å². The topological polar surface area (TPSA) is 62.7 Å². The van der Waals surface area contributed by atoms with Crippen LogP contribution in [0, 0.1) is 5.92 Å². The molecule has 5 rings (SSSR count). The van der Waals surface area contributed by atoms with Gasteiger partial charge < -0.3 is 14.5 Å². The monoisotopic (exact) mass is 413 g/mol. The maximum Gasteiger partial charge on any atom is 0.264 e. The Labute approximate surface area is 174 Å². The maximum atomic E-state index is 13.3. The van der Waals surface area contributed by atoms with E-state index in [1.54, 1.807) is 6.20 Å². The Morgan fingerprint density at radius 2 is 1.86 bits per heavy atom. The van der Waals surface area contributed by atoms with Crippen LogP contribution in [0.2, 0.25) is 0 Å². The third kappa shape index (κ3) is 3.55. The molecule has 2 aromatic heterocycles. The van der Waals surface area contributed by atoms with Gasteiger partial charge in [-0.25, -0.2) is 4.98 Å². The first-order valence-corrected chi connectivity index (χ1v) is 11.6. The fourth-order valence-electron chi connectivity index (χ4n) is 5.05. The number of fused-ring (bicyclic) bond motifs is 1. The number of pyridine rings is 1. The van der Waals surface area contributed by atoms with E-state index in [0.29, 0.717) is 32.2 Å². The van der Waals surface area contributed by atoms with Gasteiger partial charge in [0, 0.05) is 49.6 Å². The molecule has 3 fully saturated rings. The quantitative estimate of drug-likeness (QED) is 0.775. The average molecular weight is 414 g/mol. The number of hydrogen-bond donors (Lipinski definition) is 0. The molecular weight excluding hydrogens is 386 g/mol. The smallest absolute Gasteiger partial charge is 0.264 e. The van der Waals surface area contributed by atoms with Crippen molar-refractivity contribution in [2.75, 3.05) is 39.4 Å². The molecule has 7 heteroatoms. The molecule has 0 unspecified atom stereocenters. The average Bonchev–Trinajstić information content (AvgIpc) is 3.52. The third-order valence-electron chi connectivity index (χ3n) is 6.61. The summed E-state index contributed by atoms with van der Waals surface area (Å²) in [5, 5.41) is 1.08. The predicted octanol–water partition coefficient (Wildman–Crippen LogP) is 3.27. The number of nitrogens with zero attached hydrogens (tertiary/aromatic N) is 3. The lowest BCUT2D eigenvalue weighted by molar-refractivity contribution is -0.134. The Balaban J connectivity index is 1.44. The molecule has 0 bridgehead atoms. The van der Waals surface area contributed by atoms with Crippen molar-refractivity contribution >= 4 is 33.4 Å². The fourth-order valence-corrected chi connectivity index (χ4v) is 6.25. The Hall–Kier alpha value is -1.99. The Kier molecular flexibility index (Phi) is 5.26. The van der Waals surface area contributed by atoms with Crippen LogP contribution in [0.5, 0.6) is 0 Å². The number of hydrogen-bond acceptors (Lipinski definition) is 5. The lowest BCUT2D eigenvalue weighted by Crippen LogP contribution is -2.40. The van der Waals surface area contributed by atoms with Crippen molar-refractivity contribution in [2.45, 2.75) is 38.0 Å². The lowest BCUT2D eigenvalue weighted by Gasteiger charge is -2.27. The molecule has 1 atom stereocenters. The van der Waals surface area contributed by atoms with E-state index in [4.69, 9.17) is 4.74 Å². The van der Waals surface area contributed by atoms with E-state index >= 15 is 0 Å². The zero-order valence-corrected chi connectivity index (χ0v) is 17.5. The molecule has 0 N–H and O–H groups in total. The summed E-state index contributed by atoms with van der Waals surface area (Å²) in [4.78, 5) is 36.4. The minimum atomic E-state index is 0.0897. The maximum absolute atomic E-state index is 13.3. The van der Waals surface area contributed by atoms with Crippen LogP contribution in [0.25, 0.3) is 10.2 Å². The number of aromatic nitrogens is 1. The first kappa shape index (κ1) is 19.0. The highest BCUT2D eigenvalue weighted by Crippen LogP contribution is 2.41. The molecule has 154 valence electrons. The molecule has 4 heterocycles. The van der Waals surface area contributed by atoms with Crippen molar-refractivity contribution in [3.05, 3.63) is 28.8 Å². The number of likely N-dealkylation sites (tertiary alicyclic amines) is 1. The van der Waals surface area contributed by atoms with Crippen LogP contribution in [0.3, 0.4) is 0 Å². The van der Waals surface area contributed by atoms with E-state index in [2.05, 4.69) is 11.1 Å². The van der Waals surface area contributed by atoms with E-state index in [0.717, 1.165) is 53.0 Å². The third-order valence-corrected chi connectivity index (χ3v) is 7.73. The summed E-state index contributed by atoms with van der Waals surface area (Å²) in [6.45, 7) is 3.98. The van der Waals surface area contributed by atoms with Crippen LogP contribution < -0.4 is 0 Å². The van der Waals surface area contributed by atoms with Gasteiger partial charge in [-0.15, -0.1) is 11.3 Å². The Morgan fingerprint density at radius 3 is 2.66 bits per heavy atom. The van der Waals surface area contributed by atoms with Gasteiger partial charge in [0.1, 0.15) is 4.83 Å². The van der Waals surface area contributed by atoms with Crippen LogP contribution in [0.15, 0.2) is 18.3 Å². The van der Waals surface area contributed by atoms with Gasteiger partial charge in [0.15, 0.2) is 0 Å². The Bertz CT molecular complexity index is 915.